The van der Waals surface area contributed by atoms with Crippen LogP contribution in [0.1, 0.15) is 0 Å². The quantitative estimate of drug-likeness (QED) is 0.338. The molecule has 0 fully saturated rings. The van der Waals surface area contributed by atoms with Crippen LogP contribution in [0.4, 0.5) is 0 Å². The number of hydrogen-bond acceptors (Lipinski definition) is 4. The molecule has 10 heavy (non-hydrogen) atoms. The van der Waals surface area contributed by atoms with Gasteiger partial charge in [-0.3, -0.25) is 0 Å². The molecule has 0 unspecified atom stereocenters. The van der Waals surface area contributed by atoms with Crippen LogP contribution in [0, 0.1) is 0 Å². The Kier molecular flexibility index (Phi) is 1.79. The van der Waals surface area contributed by atoms with Crippen LogP contribution in [0.3, 0.4) is 0 Å². The van der Waals surface area contributed by atoms with Gasteiger partial charge in [0.05, 0.1) is 0 Å². The Bertz CT molecular complexity index is 208. The van der Waals surface area contributed by atoms with Gasteiger partial charge >= 0.3 is 0 Å². The molecule has 5 heteroatoms. The topological polar surface area (TPSA) is 89.1 Å². The second-order valence-electron chi connectivity index (χ2n) is 1.60. The van der Waals surface area contributed by atoms with Gasteiger partial charge < -0.3 is 11.7 Å². The van der Waals surface area contributed by atoms with Crippen LogP contribution in [0.2, 0.25) is 0 Å². The minimum atomic E-state index is 0.352. The molecule has 0 bridgehead atoms. The minimum Gasteiger partial charge on any atom is -0.323 e. The van der Waals surface area contributed by atoms with Crippen LogP contribution >= 0.6 is 0 Å². The zero-order chi connectivity index (χ0) is 7.40. The molecule has 1 aliphatic heterocycles. The third-order valence-corrected chi connectivity index (χ3v) is 1.03. The molecule has 0 radical (unpaired) electrons. The van der Waals surface area contributed by atoms with E-state index < -0.39 is 0 Å². The number of dihydropyridines is 1. The second-order valence-corrected chi connectivity index (χ2v) is 1.60. The molecular formula is C5H7N5. The molecule has 1 heterocycles. The highest BCUT2D eigenvalue weighted by molar-refractivity contribution is 6.48. The highest BCUT2D eigenvalue weighted by Gasteiger charge is 2.04. The SMILES string of the molecule is NN=C1C=CC=NC1=NN. The number of hydrogen-bond donors (Lipinski definition) is 2. The van der Waals surface area contributed by atoms with Crippen LogP contribution in [0.5, 0.6) is 0 Å². The lowest BCUT2D eigenvalue weighted by atomic mass is 10.3. The van der Waals surface area contributed by atoms with E-state index in [1.165, 1.54) is 0 Å². The Balaban J connectivity index is 2.96. The van der Waals surface area contributed by atoms with Gasteiger partial charge in [-0.2, -0.15) is 10.2 Å². The van der Waals surface area contributed by atoms with Crippen molar-refractivity contribution >= 4 is 17.8 Å². The van der Waals surface area contributed by atoms with Gasteiger partial charge in [0.1, 0.15) is 5.71 Å². The average molecular weight is 137 g/mol. The van der Waals surface area contributed by atoms with Gasteiger partial charge in [0.25, 0.3) is 0 Å². The van der Waals surface area contributed by atoms with Crippen molar-refractivity contribution in [3.8, 4) is 0 Å². The van der Waals surface area contributed by atoms with Crippen LogP contribution in [-0.2, 0) is 0 Å². The van der Waals surface area contributed by atoms with E-state index in [9.17, 15) is 0 Å². The van der Waals surface area contributed by atoms with Crippen molar-refractivity contribution < 1.29 is 0 Å². The predicted octanol–water partition coefficient (Wildman–Crippen LogP) is -0.786. The van der Waals surface area contributed by atoms with E-state index in [1.807, 2.05) is 0 Å². The van der Waals surface area contributed by atoms with E-state index in [1.54, 1.807) is 18.4 Å². The van der Waals surface area contributed by atoms with Crippen molar-refractivity contribution in [2.24, 2.45) is 26.9 Å². The lowest BCUT2D eigenvalue weighted by Crippen LogP contribution is -2.16. The number of amidine groups is 1. The molecule has 0 atom stereocenters. The van der Waals surface area contributed by atoms with Gasteiger partial charge in [-0.15, -0.1) is 0 Å². The van der Waals surface area contributed by atoms with E-state index in [0.717, 1.165) is 0 Å². The lowest BCUT2D eigenvalue weighted by molar-refractivity contribution is 1.22. The summed E-state index contributed by atoms with van der Waals surface area (Å²) in [6.45, 7) is 0. The molecule has 0 saturated carbocycles. The molecule has 4 N–H and O–H groups in total. The second kappa shape index (κ2) is 2.77. The van der Waals surface area contributed by atoms with Gasteiger partial charge in [0.15, 0.2) is 5.84 Å². The van der Waals surface area contributed by atoms with Gasteiger partial charge in [0, 0.05) is 6.21 Å². The molecule has 5 nitrogen and oxygen atoms in total. The third-order valence-electron chi connectivity index (χ3n) is 1.03. The average Bonchev–Trinajstić information content (AvgIpc) is 2.04. The van der Waals surface area contributed by atoms with Gasteiger partial charge in [-0.25, -0.2) is 4.99 Å². The largest absolute Gasteiger partial charge is 0.323 e. The van der Waals surface area contributed by atoms with Crippen LogP contribution in [0.25, 0.3) is 0 Å². The maximum atomic E-state index is 5.00. The fraction of sp³-hybridized carbons (Fsp3) is 0. The molecule has 0 saturated heterocycles. The van der Waals surface area contributed by atoms with Crippen LogP contribution < -0.4 is 11.7 Å². The zero-order valence-corrected chi connectivity index (χ0v) is 5.23. The molecule has 0 aromatic rings. The summed E-state index contributed by atoms with van der Waals surface area (Å²) in [6.07, 6.45) is 4.96. The maximum absolute atomic E-state index is 5.00. The van der Waals surface area contributed by atoms with Crippen LogP contribution in [-0.4, -0.2) is 17.8 Å². The summed E-state index contributed by atoms with van der Waals surface area (Å²) < 4.78 is 0. The lowest BCUT2D eigenvalue weighted by Gasteiger charge is -1.99. The molecule has 1 rings (SSSR count). The van der Waals surface area contributed by atoms with E-state index in [2.05, 4.69) is 15.2 Å². The molecular weight excluding hydrogens is 130 g/mol. The fourth-order valence-corrected chi connectivity index (χ4v) is 0.589. The van der Waals surface area contributed by atoms with Crippen molar-refractivity contribution in [2.45, 2.75) is 0 Å². The number of allylic oxidation sites excluding steroid dienone is 1. The Morgan fingerprint density at radius 1 is 1.30 bits per heavy atom. The summed E-state index contributed by atoms with van der Waals surface area (Å²) in [5.74, 6) is 10.3. The Morgan fingerprint density at radius 2 is 2.10 bits per heavy atom. The van der Waals surface area contributed by atoms with Gasteiger partial charge in [0.2, 0.25) is 0 Å². The van der Waals surface area contributed by atoms with Crippen molar-refractivity contribution in [1.29, 1.82) is 0 Å². The first-order chi connectivity index (χ1) is 4.88. The number of rotatable bonds is 0. The Labute approximate surface area is 57.8 Å². The molecule has 0 aliphatic carbocycles. The Hall–Kier alpha value is -1.65. The number of nitrogens with zero attached hydrogens (tertiary/aromatic N) is 3. The molecule has 1 aliphatic rings. The summed E-state index contributed by atoms with van der Waals surface area (Å²) in [6, 6.07) is 0. The van der Waals surface area contributed by atoms with E-state index in [-0.39, 0.29) is 0 Å². The maximum Gasteiger partial charge on any atom is 0.199 e. The Morgan fingerprint density at radius 3 is 2.60 bits per heavy atom. The van der Waals surface area contributed by atoms with Gasteiger partial charge in [-0.05, 0) is 12.2 Å². The van der Waals surface area contributed by atoms with E-state index in [4.69, 9.17) is 11.7 Å². The van der Waals surface area contributed by atoms with Gasteiger partial charge in [-0.1, -0.05) is 0 Å². The van der Waals surface area contributed by atoms with Crippen molar-refractivity contribution in [2.75, 3.05) is 0 Å². The van der Waals surface area contributed by atoms with Crippen LogP contribution in [0.15, 0.2) is 27.3 Å². The van der Waals surface area contributed by atoms with Crippen molar-refractivity contribution in [3.05, 3.63) is 12.2 Å². The fourth-order valence-electron chi connectivity index (χ4n) is 0.589. The molecule has 0 spiro atoms. The number of hydrazone groups is 2. The smallest absolute Gasteiger partial charge is 0.199 e. The summed E-state index contributed by atoms with van der Waals surface area (Å²) in [7, 11) is 0. The summed E-state index contributed by atoms with van der Waals surface area (Å²) in [5.41, 5.74) is 0.491. The zero-order valence-electron chi connectivity index (χ0n) is 5.23. The monoisotopic (exact) mass is 137 g/mol. The molecule has 0 amide bonds. The first-order valence-electron chi connectivity index (χ1n) is 2.65. The third kappa shape index (κ3) is 1.02. The molecule has 52 valence electrons. The normalized spacial score (nSPS) is 24.4. The minimum absolute atomic E-state index is 0.352. The highest BCUT2D eigenvalue weighted by atomic mass is 15.2. The van der Waals surface area contributed by atoms with E-state index >= 15 is 0 Å². The summed E-state index contributed by atoms with van der Waals surface area (Å²) >= 11 is 0. The number of nitrogens with two attached hydrogens (primary N) is 2. The summed E-state index contributed by atoms with van der Waals surface area (Å²) in [5, 5.41) is 6.76. The molecule has 0 aromatic heterocycles. The standard InChI is InChI=1S/C5H7N5/c6-9-4-2-1-3-8-5(4)10-7/h1-3H,6-7H2. The highest BCUT2D eigenvalue weighted by Crippen LogP contribution is 1.91. The van der Waals surface area contributed by atoms with Crippen molar-refractivity contribution in [1.82, 2.24) is 0 Å². The number of aliphatic imine (C=N–C) groups is 1. The van der Waals surface area contributed by atoms with E-state index in [0.29, 0.717) is 11.5 Å². The first kappa shape index (κ1) is 6.47. The molecule has 0 aromatic carbocycles. The summed E-state index contributed by atoms with van der Waals surface area (Å²) in [4.78, 5) is 3.80. The van der Waals surface area contributed by atoms with Crippen molar-refractivity contribution in [3.63, 3.8) is 0 Å². The first-order valence-corrected chi connectivity index (χ1v) is 2.65. The predicted molar refractivity (Wildman–Crippen MR) is 40.9 cm³/mol.